The summed E-state index contributed by atoms with van der Waals surface area (Å²) in [6.07, 6.45) is 2.53. The second kappa shape index (κ2) is 9.74. The molecular formula is C19H26N4O2. The van der Waals surface area contributed by atoms with Gasteiger partial charge >= 0.3 is 6.03 Å². The summed E-state index contributed by atoms with van der Waals surface area (Å²) in [7, 11) is 0. The first-order valence-electron chi connectivity index (χ1n) is 8.57. The molecule has 0 unspecified atom stereocenters. The Morgan fingerprint density at radius 3 is 2.64 bits per heavy atom. The van der Waals surface area contributed by atoms with Crippen molar-refractivity contribution >= 4 is 11.7 Å². The molecule has 0 aliphatic rings. The summed E-state index contributed by atoms with van der Waals surface area (Å²) in [5.74, 6) is 1.21. The van der Waals surface area contributed by atoms with E-state index in [9.17, 15) is 4.79 Å². The molecule has 6 nitrogen and oxygen atoms in total. The third kappa shape index (κ3) is 6.89. The van der Waals surface area contributed by atoms with Gasteiger partial charge in [0, 0.05) is 42.9 Å². The second-order valence-electron chi connectivity index (χ2n) is 6.30. The number of nitrogens with zero attached hydrogens (tertiary/aromatic N) is 2. The van der Waals surface area contributed by atoms with Crippen LogP contribution in [0.15, 0.2) is 36.5 Å². The SMILES string of the molecule is Cc1ccnc(-c2ccc(NC(=O)NCCCOCC(C)C)cc2)n1. The van der Waals surface area contributed by atoms with E-state index in [-0.39, 0.29) is 6.03 Å². The minimum absolute atomic E-state index is 0.219. The van der Waals surface area contributed by atoms with Crippen LogP contribution in [-0.2, 0) is 4.74 Å². The molecular weight excluding hydrogens is 316 g/mol. The summed E-state index contributed by atoms with van der Waals surface area (Å²) < 4.78 is 5.48. The van der Waals surface area contributed by atoms with Gasteiger partial charge in [0.2, 0.25) is 0 Å². The van der Waals surface area contributed by atoms with Gasteiger partial charge in [-0.15, -0.1) is 0 Å². The Morgan fingerprint density at radius 2 is 1.96 bits per heavy atom. The van der Waals surface area contributed by atoms with Crippen molar-refractivity contribution in [3.63, 3.8) is 0 Å². The zero-order valence-corrected chi connectivity index (χ0v) is 15.1. The molecule has 0 fully saturated rings. The van der Waals surface area contributed by atoms with Gasteiger partial charge in [-0.2, -0.15) is 0 Å². The van der Waals surface area contributed by atoms with Crippen LogP contribution in [0, 0.1) is 12.8 Å². The Labute approximate surface area is 149 Å². The summed E-state index contributed by atoms with van der Waals surface area (Å²) in [4.78, 5) is 20.5. The Balaban J connectivity index is 1.74. The predicted molar refractivity (Wildman–Crippen MR) is 99.5 cm³/mol. The van der Waals surface area contributed by atoms with Gasteiger partial charge in [-0.05, 0) is 49.6 Å². The maximum atomic E-state index is 11.9. The number of rotatable bonds is 8. The van der Waals surface area contributed by atoms with Crippen LogP contribution in [0.2, 0.25) is 0 Å². The lowest BCUT2D eigenvalue weighted by Gasteiger charge is -2.09. The number of aromatic nitrogens is 2. The minimum atomic E-state index is -0.219. The number of amides is 2. The molecule has 1 aromatic heterocycles. The lowest BCUT2D eigenvalue weighted by Crippen LogP contribution is -2.30. The first-order valence-corrected chi connectivity index (χ1v) is 8.57. The molecule has 2 amide bonds. The summed E-state index contributed by atoms with van der Waals surface area (Å²) in [6, 6.07) is 9.10. The molecule has 0 bridgehead atoms. The average Bonchev–Trinajstić information content (AvgIpc) is 2.58. The molecule has 6 heteroatoms. The van der Waals surface area contributed by atoms with Crippen molar-refractivity contribution in [2.45, 2.75) is 27.2 Å². The molecule has 0 saturated heterocycles. The van der Waals surface area contributed by atoms with Gasteiger partial charge in [0.15, 0.2) is 5.82 Å². The minimum Gasteiger partial charge on any atom is -0.381 e. The molecule has 0 aliphatic heterocycles. The van der Waals surface area contributed by atoms with E-state index in [0.717, 1.165) is 30.0 Å². The fraction of sp³-hybridized carbons (Fsp3) is 0.421. The van der Waals surface area contributed by atoms with Crippen molar-refractivity contribution in [3.05, 3.63) is 42.2 Å². The van der Waals surface area contributed by atoms with Gasteiger partial charge in [-0.1, -0.05) is 13.8 Å². The van der Waals surface area contributed by atoms with Crippen molar-refractivity contribution in [1.29, 1.82) is 0 Å². The van der Waals surface area contributed by atoms with Gasteiger partial charge in [0.25, 0.3) is 0 Å². The third-order valence-corrected chi connectivity index (χ3v) is 3.40. The van der Waals surface area contributed by atoms with E-state index in [4.69, 9.17) is 4.74 Å². The number of benzene rings is 1. The van der Waals surface area contributed by atoms with Crippen molar-refractivity contribution in [2.24, 2.45) is 5.92 Å². The highest BCUT2D eigenvalue weighted by Gasteiger charge is 2.04. The molecule has 0 radical (unpaired) electrons. The summed E-state index contributed by atoms with van der Waals surface area (Å²) in [5, 5.41) is 5.63. The highest BCUT2D eigenvalue weighted by molar-refractivity contribution is 5.89. The largest absolute Gasteiger partial charge is 0.381 e. The van der Waals surface area contributed by atoms with E-state index in [2.05, 4.69) is 34.4 Å². The fourth-order valence-electron chi connectivity index (χ4n) is 2.16. The van der Waals surface area contributed by atoms with Crippen LogP contribution in [0.5, 0.6) is 0 Å². The Kier molecular flexibility index (Phi) is 7.35. The molecule has 2 rings (SSSR count). The van der Waals surface area contributed by atoms with Crippen molar-refractivity contribution in [3.8, 4) is 11.4 Å². The van der Waals surface area contributed by atoms with Crippen molar-refractivity contribution < 1.29 is 9.53 Å². The summed E-state index contributed by atoms with van der Waals surface area (Å²) >= 11 is 0. The van der Waals surface area contributed by atoms with Crippen LogP contribution < -0.4 is 10.6 Å². The molecule has 25 heavy (non-hydrogen) atoms. The number of carbonyl (C=O) groups excluding carboxylic acids is 1. The van der Waals surface area contributed by atoms with E-state index < -0.39 is 0 Å². The number of hydrogen-bond acceptors (Lipinski definition) is 4. The average molecular weight is 342 g/mol. The first-order chi connectivity index (χ1) is 12.0. The number of ether oxygens (including phenoxy) is 1. The quantitative estimate of drug-likeness (QED) is 0.718. The molecule has 0 spiro atoms. The number of hydrogen-bond donors (Lipinski definition) is 2. The molecule has 0 atom stereocenters. The molecule has 0 aliphatic carbocycles. The Hall–Kier alpha value is -2.47. The number of urea groups is 1. The van der Waals surface area contributed by atoms with Gasteiger partial charge < -0.3 is 15.4 Å². The van der Waals surface area contributed by atoms with Crippen LogP contribution in [0.25, 0.3) is 11.4 Å². The molecule has 0 saturated carbocycles. The number of aryl methyl sites for hydroxylation is 1. The molecule has 134 valence electrons. The summed E-state index contributed by atoms with van der Waals surface area (Å²) in [5.41, 5.74) is 2.56. The standard InChI is InChI=1S/C19H26N4O2/c1-14(2)13-25-12-4-10-21-19(24)23-17-7-5-16(6-8-17)18-20-11-9-15(3)22-18/h5-9,11,14H,4,10,12-13H2,1-3H3,(H2,21,23,24). The van der Waals surface area contributed by atoms with Crippen molar-refractivity contribution in [2.75, 3.05) is 25.1 Å². The van der Waals surface area contributed by atoms with Gasteiger partial charge in [0.05, 0.1) is 0 Å². The van der Waals surface area contributed by atoms with Crippen LogP contribution in [0.1, 0.15) is 26.0 Å². The maximum absolute atomic E-state index is 11.9. The van der Waals surface area contributed by atoms with Crippen LogP contribution >= 0.6 is 0 Å². The topological polar surface area (TPSA) is 76.1 Å². The maximum Gasteiger partial charge on any atom is 0.319 e. The smallest absolute Gasteiger partial charge is 0.319 e. The first kappa shape index (κ1) is 18.9. The predicted octanol–water partition coefficient (Wildman–Crippen LogP) is 3.64. The van der Waals surface area contributed by atoms with Crippen LogP contribution in [-0.4, -0.2) is 35.8 Å². The number of carbonyl (C=O) groups is 1. The lowest BCUT2D eigenvalue weighted by atomic mass is 10.2. The Bertz CT molecular complexity index is 671. The van der Waals surface area contributed by atoms with Gasteiger partial charge in [-0.25, -0.2) is 14.8 Å². The third-order valence-electron chi connectivity index (χ3n) is 3.40. The monoisotopic (exact) mass is 342 g/mol. The second-order valence-corrected chi connectivity index (χ2v) is 6.30. The number of anilines is 1. The zero-order valence-electron chi connectivity index (χ0n) is 15.1. The van der Waals surface area contributed by atoms with Crippen LogP contribution in [0.4, 0.5) is 10.5 Å². The molecule has 2 aromatic rings. The number of nitrogens with one attached hydrogen (secondary N) is 2. The normalized spacial score (nSPS) is 10.7. The summed E-state index contributed by atoms with van der Waals surface area (Å²) in [6.45, 7) is 8.15. The van der Waals surface area contributed by atoms with Crippen LogP contribution in [0.3, 0.4) is 0 Å². The van der Waals surface area contributed by atoms with E-state index >= 15 is 0 Å². The van der Waals surface area contributed by atoms with E-state index in [1.165, 1.54) is 0 Å². The Morgan fingerprint density at radius 1 is 1.20 bits per heavy atom. The van der Waals surface area contributed by atoms with E-state index in [0.29, 0.717) is 24.9 Å². The van der Waals surface area contributed by atoms with E-state index in [1.807, 2.05) is 37.3 Å². The van der Waals surface area contributed by atoms with Gasteiger partial charge in [0.1, 0.15) is 0 Å². The van der Waals surface area contributed by atoms with Crippen molar-refractivity contribution in [1.82, 2.24) is 15.3 Å². The fourth-order valence-corrected chi connectivity index (χ4v) is 2.16. The molecule has 2 N–H and O–H groups in total. The lowest BCUT2D eigenvalue weighted by molar-refractivity contribution is 0.108. The van der Waals surface area contributed by atoms with E-state index in [1.54, 1.807) is 6.20 Å². The zero-order chi connectivity index (χ0) is 18.1. The highest BCUT2D eigenvalue weighted by Crippen LogP contribution is 2.17. The molecule has 1 aromatic carbocycles. The molecule has 1 heterocycles. The van der Waals surface area contributed by atoms with Gasteiger partial charge in [-0.3, -0.25) is 0 Å². The highest BCUT2D eigenvalue weighted by atomic mass is 16.5.